The predicted molar refractivity (Wildman–Crippen MR) is 54.6 cm³/mol. The number of carbonyl (C=O) groups is 1. The van der Waals surface area contributed by atoms with Crippen molar-refractivity contribution in [3.8, 4) is 0 Å². The second kappa shape index (κ2) is 5.29. The molecule has 0 unspecified atom stereocenters. The van der Waals surface area contributed by atoms with Crippen molar-refractivity contribution in [1.29, 1.82) is 0 Å². The van der Waals surface area contributed by atoms with Crippen LogP contribution in [0.25, 0.3) is 0 Å². The van der Waals surface area contributed by atoms with Gasteiger partial charge in [-0.25, -0.2) is 22.0 Å². The number of benzene rings is 1. The normalized spacial score (nSPS) is 10.6. The van der Waals surface area contributed by atoms with E-state index >= 15 is 0 Å². The smallest absolute Gasteiger partial charge is 0.200 e. The van der Waals surface area contributed by atoms with Crippen LogP contribution in [-0.2, 0) is 0 Å². The van der Waals surface area contributed by atoms with Crippen LogP contribution in [0.1, 0.15) is 30.1 Å². The minimum Gasteiger partial charge on any atom is -0.294 e. The van der Waals surface area contributed by atoms with Crippen molar-refractivity contribution in [2.75, 3.05) is 0 Å². The van der Waals surface area contributed by atoms with Crippen molar-refractivity contribution >= 4 is 5.78 Å². The van der Waals surface area contributed by atoms with Crippen LogP contribution in [0.4, 0.5) is 22.0 Å². The molecular formula is C12H9F5O. The van der Waals surface area contributed by atoms with Gasteiger partial charge in [0.1, 0.15) is 0 Å². The molecule has 0 aliphatic heterocycles. The Morgan fingerprint density at radius 2 is 1.33 bits per heavy atom. The van der Waals surface area contributed by atoms with Crippen LogP contribution in [0.3, 0.4) is 0 Å². The van der Waals surface area contributed by atoms with Gasteiger partial charge in [-0.2, -0.15) is 0 Å². The zero-order valence-corrected chi connectivity index (χ0v) is 9.42. The summed E-state index contributed by atoms with van der Waals surface area (Å²) < 4.78 is 64.9. The third-order valence-electron chi connectivity index (χ3n) is 2.40. The molecule has 0 atom stereocenters. The van der Waals surface area contributed by atoms with Crippen LogP contribution in [0.15, 0.2) is 12.2 Å². The van der Waals surface area contributed by atoms with Crippen LogP contribution >= 0.6 is 0 Å². The van der Waals surface area contributed by atoms with E-state index in [1.807, 2.05) is 0 Å². The summed E-state index contributed by atoms with van der Waals surface area (Å²) in [4.78, 5) is 11.5. The average Bonchev–Trinajstić information content (AvgIpc) is 2.34. The summed E-state index contributed by atoms with van der Waals surface area (Å²) in [6.07, 6.45) is -0.101. The van der Waals surface area contributed by atoms with E-state index in [-0.39, 0.29) is 0 Å². The summed E-state index contributed by atoms with van der Waals surface area (Å²) in [5.41, 5.74) is -1.08. The molecule has 1 nitrogen and oxygen atoms in total. The number of hydrogen-bond donors (Lipinski definition) is 0. The summed E-state index contributed by atoms with van der Waals surface area (Å²) in [7, 11) is 0. The van der Waals surface area contributed by atoms with Gasteiger partial charge in [-0.3, -0.25) is 4.79 Å². The Kier molecular flexibility index (Phi) is 4.21. The molecule has 0 fully saturated rings. The lowest BCUT2D eigenvalue weighted by molar-refractivity contribution is 0.0981. The molecule has 98 valence electrons. The molecule has 0 radical (unpaired) electrons. The molecule has 0 aliphatic carbocycles. The van der Waals surface area contributed by atoms with Gasteiger partial charge in [0.2, 0.25) is 5.82 Å². The van der Waals surface area contributed by atoms with Gasteiger partial charge in [0.15, 0.2) is 29.1 Å². The van der Waals surface area contributed by atoms with E-state index in [0.717, 1.165) is 0 Å². The van der Waals surface area contributed by atoms with Crippen LogP contribution in [0, 0.1) is 29.1 Å². The highest BCUT2D eigenvalue weighted by Crippen LogP contribution is 2.25. The molecule has 0 amide bonds. The Morgan fingerprint density at radius 1 is 0.944 bits per heavy atom. The van der Waals surface area contributed by atoms with Gasteiger partial charge < -0.3 is 0 Å². The third-order valence-corrected chi connectivity index (χ3v) is 2.40. The van der Waals surface area contributed by atoms with E-state index < -0.39 is 46.9 Å². The fourth-order valence-electron chi connectivity index (χ4n) is 1.29. The number of carbonyl (C=O) groups excluding carboxylic acids is 1. The first-order chi connectivity index (χ1) is 8.31. The molecule has 0 bridgehead atoms. The molecule has 1 rings (SSSR count). The minimum absolute atomic E-state index is 0.337. The van der Waals surface area contributed by atoms with E-state index in [1.54, 1.807) is 6.92 Å². The molecule has 1 aromatic rings. The number of rotatable bonds is 4. The topological polar surface area (TPSA) is 17.1 Å². The molecule has 0 aromatic heterocycles. The Hall–Kier alpha value is -1.72. The highest BCUT2D eigenvalue weighted by molar-refractivity contribution is 5.98. The van der Waals surface area contributed by atoms with E-state index in [9.17, 15) is 26.7 Å². The van der Waals surface area contributed by atoms with Crippen LogP contribution in [-0.4, -0.2) is 5.78 Å². The lowest BCUT2D eigenvalue weighted by Crippen LogP contribution is -2.13. The maximum Gasteiger partial charge on any atom is 0.200 e. The summed E-state index contributed by atoms with van der Waals surface area (Å²) >= 11 is 0. The first-order valence-corrected chi connectivity index (χ1v) is 5.02. The Morgan fingerprint density at radius 3 is 1.72 bits per heavy atom. The SMILES string of the molecule is C=C(CC)CC(=O)c1c(F)c(F)c(F)c(F)c1F. The van der Waals surface area contributed by atoms with Crippen molar-refractivity contribution in [3.63, 3.8) is 0 Å². The molecule has 18 heavy (non-hydrogen) atoms. The van der Waals surface area contributed by atoms with Crippen molar-refractivity contribution in [1.82, 2.24) is 0 Å². The lowest BCUT2D eigenvalue weighted by atomic mass is 10.0. The van der Waals surface area contributed by atoms with Crippen LogP contribution < -0.4 is 0 Å². The van der Waals surface area contributed by atoms with Crippen molar-refractivity contribution < 1.29 is 26.7 Å². The molecule has 6 heteroatoms. The van der Waals surface area contributed by atoms with Gasteiger partial charge in [0, 0.05) is 6.42 Å². The highest BCUT2D eigenvalue weighted by Gasteiger charge is 2.29. The fraction of sp³-hybridized carbons (Fsp3) is 0.250. The Balaban J connectivity index is 3.33. The van der Waals surface area contributed by atoms with Gasteiger partial charge in [-0.1, -0.05) is 19.1 Å². The van der Waals surface area contributed by atoms with Crippen LogP contribution in [0.2, 0.25) is 0 Å². The van der Waals surface area contributed by atoms with E-state index in [2.05, 4.69) is 6.58 Å². The van der Waals surface area contributed by atoms with Gasteiger partial charge in [0.05, 0.1) is 5.56 Å². The largest absolute Gasteiger partial charge is 0.294 e. The standard InChI is InChI=1S/C12H9F5O/c1-3-5(2)4-6(18)7-8(13)10(15)12(17)11(16)9(7)14/h2-4H2,1H3. The highest BCUT2D eigenvalue weighted by atomic mass is 19.2. The number of ketones is 1. The van der Waals surface area contributed by atoms with Gasteiger partial charge >= 0.3 is 0 Å². The monoisotopic (exact) mass is 264 g/mol. The van der Waals surface area contributed by atoms with Crippen LogP contribution in [0.5, 0.6) is 0 Å². The fourth-order valence-corrected chi connectivity index (χ4v) is 1.29. The summed E-state index contributed by atoms with van der Waals surface area (Å²) in [6, 6.07) is 0. The van der Waals surface area contributed by atoms with Crippen molar-refractivity contribution in [2.24, 2.45) is 0 Å². The molecule has 0 saturated carbocycles. The number of halogens is 5. The summed E-state index contributed by atoms with van der Waals surface area (Å²) in [5.74, 6) is -11.9. The van der Waals surface area contributed by atoms with Gasteiger partial charge in [-0.05, 0) is 6.42 Å². The zero-order chi connectivity index (χ0) is 14.0. The zero-order valence-electron chi connectivity index (χ0n) is 9.42. The molecule has 0 saturated heterocycles. The number of Topliss-reactive ketones (excluding diaryl/α,β-unsaturated/α-hetero) is 1. The van der Waals surface area contributed by atoms with E-state index in [0.29, 0.717) is 12.0 Å². The first-order valence-electron chi connectivity index (χ1n) is 5.02. The molecular weight excluding hydrogens is 255 g/mol. The summed E-state index contributed by atoms with van der Waals surface area (Å²) in [5, 5.41) is 0. The molecule has 0 aliphatic rings. The number of hydrogen-bond acceptors (Lipinski definition) is 1. The van der Waals surface area contributed by atoms with Crippen molar-refractivity contribution in [2.45, 2.75) is 19.8 Å². The second-order valence-corrected chi connectivity index (χ2v) is 3.65. The number of allylic oxidation sites excluding steroid dienone is 1. The van der Waals surface area contributed by atoms with Crippen molar-refractivity contribution in [3.05, 3.63) is 46.8 Å². The third kappa shape index (κ3) is 2.42. The summed E-state index contributed by atoms with van der Waals surface area (Å²) in [6.45, 7) is 5.08. The molecule has 0 spiro atoms. The van der Waals surface area contributed by atoms with Gasteiger partial charge in [-0.15, -0.1) is 0 Å². The average molecular weight is 264 g/mol. The Labute approximate surface area is 99.9 Å². The predicted octanol–water partition coefficient (Wildman–Crippen LogP) is 3.92. The van der Waals surface area contributed by atoms with E-state index in [1.165, 1.54) is 0 Å². The second-order valence-electron chi connectivity index (χ2n) is 3.65. The molecule has 1 aromatic carbocycles. The van der Waals surface area contributed by atoms with E-state index in [4.69, 9.17) is 0 Å². The van der Waals surface area contributed by atoms with Gasteiger partial charge in [0.25, 0.3) is 0 Å². The molecule has 0 N–H and O–H groups in total. The Bertz CT molecular complexity index is 493. The first kappa shape index (κ1) is 14.3. The molecule has 0 heterocycles. The quantitative estimate of drug-likeness (QED) is 0.265. The maximum atomic E-state index is 13.2. The minimum atomic E-state index is -2.28. The lowest BCUT2D eigenvalue weighted by Gasteiger charge is -2.07. The maximum absolute atomic E-state index is 13.2.